The van der Waals surface area contributed by atoms with E-state index in [0.717, 1.165) is 19.4 Å². The van der Waals surface area contributed by atoms with Crippen LogP contribution in [0.3, 0.4) is 0 Å². The Morgan fingerprint density at radius 1 is 1.05 bits per heavy atom. The van der Waals surface area contributed by atoms with Crippen molar-refractivity contribution < 1.29 is 0 Å². The number of hydrogen-bond acceptors (Lipinski definition) is 1. The molecule has 0 aromatic heterocycles. The van der Waals surface area contributed by atoms with E-state index in [-0.39, 0.29) is 0 Å². The zero-order chi connectivity index (χ0) is 15.2. The molecule has 0 heterocycles. The van der Waals surface area contributed by atoms with Crippen molar-refractivity contribution in [2.75, 3.05) is 7.05 Å². The second kappa shape index (κ2) is 7.84. The summed E-state index contributed by atoms with van der Waals surface area (Å²) < 4.78 is 0. The lowest BCUT2D eigenvalue weighted by Crippen LogP contribution is -2.11. The van der Waals surface area contributed by atoms with Crippen LogP contribution >= 0.6 is 23.2 Å². The molecule has 0 spiro atoms. The van der Waals surface area contributed by atoms with Gasteiger partial charge in [-0.2, -0.15) is 0 Å². The average Bonchev–Trinajstić information content (AvgIpc) is 2.49. The average molecular weight is 322 g/mol. The summed E-state index contributed by atoms with van der Waals surface area (Å²) in [5, 5.41) is 4.48. The minimum Gasteiger partial charge on any atom is -0.316 e. The van der Waals surface area contributed by atoms with Gasteiger partial charge in [0.25, 0.3) is 0 Å². The first-order valence-corrected chi connectivity index (χ1v) is 8.10. The van der Waals surface area contributed by atoms with Crippen LogP contribution in [0.2, 0.25) is 10.0 Å². The third-order valence-electron chi connectivity index (χ3n) is 3.72. The standard InChI is InChI=1S/C18H21Cl2N/c1-3-6-15(13-9-10-17(19)18(20)11-13)16-8-5-4-7-14(16)12-21-2/h4-5,7-11,15,21H,3,6,12H2,1-2H3/t15-/m0/s1. The van der Waals surface area contributed by atoms with E-state index in [2.05, 4.69) is 42.6 Å². The summed E-state index contributed by atoms with van der Waals surface area (Å²) in [6, 6.07) is 14.6. The third kappa shape index (κ3) is 4.00. The first-order chi connectivity index (χ1) is 10.2. The van der Waals surface area contributed by atoms with Crippen molar-refractivity contribution in [3.63, 3.8) is 0 Å². The summed E-state index contributed by atoms with van der Waals surface area (Å²) in [5.74, 6) is 0.356. The molecule has 112 valence electrons. The Morgan fingerprint density at radius 3 is 2.48 bits per heavy atom. The minimum absolute atomic E-state index is 0.356. The Hall–Kier alpha value is -1.02. The number of benzene rings is 2. The Bertz CT molecular complexity index is 596. The fourth-order valence-electron chi connectivity index (χ4n) is 2.75. The zero-order valence-electron chi connectivity index (χ0n) is 12.5. The van der Waals surface area contributed by atoms with Gasteiger partial charge in [0, 0.05) is 12.5 Å². The maximum Gasteiger partial charge on any atom is 0.0595 e. The SMILES string of the molecule is CCC[C@@H](c1ccc(Cl)c(Cl)c1)c1ccccc1CNC. The van der Waals surface area contributed by atoms with E-state index in [1.54, 1.807) is 0 Å². The molecule has 1 nitrogen and oxygen atoms in total. The van der Waals surface area contributed by atoms with Gasteiger partial charge in [0.15, 0.2) is 0 Å². The molecule has 0 aliphatic rings. The molecule has 1 atom stereocenters. The molecule has 2 aromatic rings. The van der Waals surface area contributed by atoms with Crippen molar-refractivity contribution in [1.29, 1.82) is 0 Å². The molecule has 0 aliphatic carbocycles. The Balaban J connectivity index is 2.45. The molecular formula is C18H21Cl2N. The molecule has 0 saturated heterocycles. The highest BCUT2D eigenvalue weighted by atomic mass is 35.5. The summed E-state index contributed by atoms with van der Waals surface area (Å²) >= 11 is 12.2. The van der Waals surface area contributed by atoms with Crippen molar-refractivity contribution >= 4 is 23.2 Å². The molecule has 0 bridgehead atoms. The van der Waals surface area contributed by atoms with Gasteiger partial charge in [-0.15, -0.1) is 0 Å². The van der Waals surface area contributed by atoms with E-state index in [4.69, 9.17) is 23.2 Å². The largest absolute Gasteiger partial charge is 0.316 e. The number of hydrogen-bond donors (Lipinski definition) is 1. The van der Waals surface area contributed by atoms with Crippen molar-refractivity contribution in [3.05, 3.63) is 69.2 Å². The summed E-state index contributed by atoms with van der Waals surface area (Å²) in [6.45, 7) is 3.09. The highest BCUT2D eigenvalue weighted by molar-refractivity contribution is 6.42. The number of halogens is 2. The molecule has 2 rings (SSSR count). The molecule has 21 heavy (non-hydrogen) atoms. The van der Waals surface area contributed by atoms with Crippen LogP contribution in [0.5, 0.6) is 0 Å². The lowest BCUT2D eigenvalue weighted by Gasteiger charge is -2.21. The van der Waals surface area contributed by atoms with Crippen LogP contribution < -0.4 is 5.32 Å². The van der Waals surface area contributed by atoms with Crippen molar-refractivity contribution in [1.82, 2.24) is 5.32 Å². The fourth-order valence-corrected chi connectivity index (χ4v) is 3.05. The molecule has 3 heteroatoms. The molecule has 2 aromatic carbocycles. The van der Waals surface area contributed by atoms with E-state index in [1.807, 2.05) is 19.2 Å². The van der Waals surface area contributed by atoms with Gasteiger partial charge in [-0.3, -0.25) is 0 Å². The van der Waals surface area contributed by atoms with Crippen molar-refractivity contribution in [3.8, 4) is 0 Å². The van der Waals surface area contributed by atoms with Gasteiger partial charge in [-0.1, -0.05) is 66.9 Å². The summed E-state index contributed by atoms with van der Waals surface area (Å²) in [6.07, 6.45) is 2.22. The van der Waals surface area contributed by atoms with Gasteiger partial charge in [0.05, 0.1) is 10.0 Å². The van der Waals surface area contributed by atoms with Gasteiger partial charge in [-0.25, -0.2) is 0 Å². The van der Waals surface area contributed by atoms with Crippen LogP contribution in [0.4, 0.5) is 0 Å². The quantitative estimate of drug-likeness (QED) is 0.725. The van der Waals surface area contributed by atoms with Gasteiger partial charge in [-0.05, 0) is 42.3 Å². The second-order valence-electron chi connectivity index (χ2n) is 5.24. The van der Waals surface area contributed by atoms with Crippen molar-refractivity contribution in [2.45, 2.75) is 32.2 Å². The van der Waals surface area contributed by atoms with Gasteiger partial charge < -0.3 is 5.32 Å². The maximum atomic E-state index is 6.20. The van der Waals surface area contributed by atoms with Crippen LogP contribution in [0.15, 0.2) is 42.5 Å². The minimum atomic E-state index is 0.356. The molecule has 0 unspecified atom stereocenters. The first-order valence-electron chi connectivity index (χ1n) is 7.34. The van der Waals surface area contributed by atoms with Gasteiger partial charge in [0.2, 0.25) is 0 Å². The topological polar surface area (TPSA) is 12.0 Å². The smallest absolute Gasteiger partial charge is 0.0595 e. The fraction of sp³-hybridized carbons (Fsp3) is 0.333. The van der Waals surface area contributed by atoms with Crippen LogP contribution in [0.25, 0.3) is 0 Å². The lowest BCUT2D eigenvalue weighted by molar-refractivity contribution is 0.683. The summed E-state index contributed by atoms with van der Waals surface area (Å²) in [7, 11) is 1.98. The molecule has 0 radical (unpaired) electrons. The lowest BCUT2D eigenvalue weighted by atomic mass is 9.85. The van der Waals surface area contributed by atoms with Crippen LogP contribution in [0, 0.1) is 0 Å². The highest BCUT2D eigenvalue weighted by Gasteiger charge is 2.17. The van der Waals surface area contributed by atoms with E-state index in [0.29, 0.717) is 16.0 Å². The van der Waals surface area contributed by atoms with E-state index in [9.17, 15) is 0 Å². The predicted octanol–water partition coefficient (Wildman–Crippen LogP) is 5.64. The maximum absolute atomic E-state index is 6.20. The third-order valence-corrected chi connectivity index (χ3v) is 4.46. The molecule has 0 amide bonds. The molecule has 0 saturated carbocycles. The Morgan fingerprint density at radius 2 is 1.81 bits per heavy atom. The molecule has 0 fully saturated rings. The first kappa shape index (κ1) is 16.4. The normalized spacial score (nSPS) is 12.4. The van der Waals surface area contributed by atoms with Crippen molar-refractivity contribution in [2.24, 2.45) is 0 Å². The van der Waals surface area contributed by atoms with Crippen LogP contribution in [-0.4, -0.2) is 7.05 Å². The number of nitrogens with one attached hydrogen (secondary N) is 1. The Kier molecular flexibility index (Phi) is 6.10. The Labute approximate surface area is 137 Å². The second-order valence-corrected chi connectivity index (χ2v) is 6.06. The number of rotatable bonds is 6. The summed E-state index contributed by atoms with van der Waals surface area (Å²) in [5.41, 5.74) is 3.94. The van der Waals surface area contributed by atoms with Gasteiger partial charge in [0.1, 0.15) is 0 Å². The van der Waals surface area contributed by atoms with E-state index >= 15 is 0 Å². The summed E-state index contributed by atoms with van der Waals surface area (Å²) in [4.78, 5) is 0. The van der Waals surface area contributed by atoms with E-state index < -0.39 is 0 Å². The van der Waals surface area contributed by atoms with E-state index in [1.165, 1.54) is 16.7 Å². The predicted molar refractivity (Wildman–Crippen MR) is 92.4 cm³/mol. The van der Waals surface area contributed by atoms with Crippen LogP contribution in [0.1, 0.15) is 42.4 Å². The molecular weight excluding hydrogens is 301 g/mol. The molecule has 0 aliphatic heterocycles. The van der Waals surface area contributed by atoms with Gasteiger partial charge >= 0.3 is 0 Å². The molecule has 1 N–H and O–H groups in total. The monoisotopic (exact) mass is 321 g/mol. The highest BCUT2D eigenvalue weighted by Crippen LogP contribution is 2.34. The zero-order valence-corrected chi connectivity index (χ0v) is 14.0. The van der Waals surface area contributed by atoms with Crippen LogP contribution in [-0.2, 0) is 6.54 Å².